The van der Waals surface area contributed by atoms with Crippen LogP contribution in [-0.4, -0.2) is 31.0 Å². The van der Waals surface area contributed by atoms with Gasteiger partial charge < -0.3 is 15.0 Å². The molecule has 0 spiro atoms. The maximum absolute atomic E-state index is 13.1. The monoisotopic (exact) mass is 356 g/mol. The summed E-state index contributed by atoms with van der Waals surface area (Å²) >= 11 is 1.76. The Balaban J connectivity index is 1.40. The topological polar surface area (TPSA) is 41.6 Å². The van der Waals surface area contributed by atoms with Gasteiger partial charge in [-0.2, -0.15) is 11.3 Å². The Morgan fingerprint density at radius 2 is 2.24 bits per heavy atom. The highest BCUT2D eigenvalue weighted by atomic mass is 32.1. The van der Waals surface area contributed by atoms with Gasteiger partial charge in [0.15, 0.2) is 0 Å². The fourth-order valence-corrected chi connectivity index (χ4v) is 4.68. The molecule has 0 radical (unpaired) electrons. The lowest BCUT2D eigenvalue weighted by Crippen LogP contribution is -2.40. The number of ether oxygens (including phenoxy) is 1. The molecule has 25 heavy (non-hydrogen) atoms. The zero-order valence-corrected chi connectivity index (χ0v) is 15.3. The number of amides is 1. The van der Waals surface area contributed by atoms with E-state index >= 15 is 0 Å². The van der Waals surface area contributed by atoms with Gasteiger partial charge >= 0.3 is 0 Å². The minimum Gasteiger partial charge on any atom is -0.496 e. The molecule has 1 amide bonds. The summed E-state index contributed by atoms with van der Waals surface area (Å²) in [5, 5.41) is 7.61. The Morgan fingerprint density at radius 1 is 1.40 bits per heavy atom. The molecule has 1 fully saturated rings. The van der Waals surface area contributed by atoms with Gasteiger partial charge in [-0.1, -0.05) is 6.08 Å². The second-order valence-corrected chi connectivity index (χ2v) is 7.81. The molecule has 0 bridgehead atoms. The molecule has 0 saturated carbocycles. The quantitative estimate of drug-likeness (QED) is 0.898. The van der Waals surface area contributed by atoms with Crippen LogP contribution in [0.25, 0.3) is 0 Å². The van der Waals surface area contributed by atoms with Crippen LogP contribution in [0.3, 0.4) is 0 Å². The van der Waals surface area contributed by atoms with Crippen LogP contribution >= 0.6 is 11.3 Å². The Morgan fingerprint density at radius 3 is 2.96 bits per heavy atom. The van der Waals surface area contributed by atoms with E-state index in [-0.39, 0.29) is 11.8 Å². The SMILES string of the molecule is COC1=C(C(=O)N2CCC(Cc3ccsc3)CC2)CC2C=CNC2=C1. The second-order valence-electron chi connectivity index (χ2n) is 7.03. The Hall–Kier alpha value is -2.01. The van der Waals surface area contributed by atoms with E-state index in [0.29, 0.717) is 11.7 Å². The van der Waals surface area contributed by atoms with Crippen molar-refractivity contribution in [2.45, 2.75) is 25.7 Å². The van der Waals surface area contributed by atoms with Crippen molar-refractivity contribution in [2.24, 2.45) is 11.8 Å². The zero-order chi connectivity index (χ0) is 17.2. The molecule has 1 aromatic rings. The maximum atomic E-state index is 13.1. The number of fused-ring (bicyclic) bond motifs is 1. The highest BCUT2D eigenvalue weighted by molar-refractivity contribution is 7.07. The normalized spacial score (nSPS) is 23.3. The number of carbonyl (C=O) groups is 1. The average Bonchev–Trinajstić information content (AvgIpc) is 3.31. The van der Waals surface area contributed by atoms with Crippen LogP contribution in [0.4, 0.5) is 0 Å². The van der Waals surface area contributed by atoms with E-state index < -0.39 is 0 Å². The number of methoxy groups -OCH3 is 1. The molecule has 5 heteroatoms. The van der Waals surface area contributed by atoms with E-state index in [2.05, 4.69) is 28.2 Å². The molecule has 4 rings (SSSR count). The van der Waals surface area contributed by atoms with Crippen LogP contribution in [0.2, 0.25) is 0 Å². The maximum Gasteiger partial charge on any atom is 0.253 e. The van der Waals surface area contributed by atoms with Crippen LogP contribution < -0.4 is 5.32 Å². The smallest absolute Gasteiger partial charge is 0.253 e. The van der Waals surface area contributed by atoms with Crippen molar-refractivity contribution in [3.8, 4) is 0 Å². The van der Waals surface area contributed by atoms with E-state index in [1.807, 2.05) is 17.2 Å². The van der Waals surface area contributed by atoms with Gasteiger partial charge in [0, 0.05) is 30.8 Å². The van der Waals surface area contributed by atoms with E-state index in [9.17, 15) is 4.79 Å². The van der Waals surface area contributed by atoms with E-state index in [4.69, 9.17) is 4.74 Å². The third-order valence-electron chi connectivity index (χ3n) is 5.47. The summed E-state index contributed by atoms with van der Waals surface area (Å²) in [7, 11) is 1.65. The molecule has 2 aliphatic heterocycles. The van der Waals surface area contributed by atoms with Gasteiger partial charge in [0.05, 0.1) is 12.7 Å². The lowest BCUT2D eigenvalue weighted by atomic mass is 9.88. The van der Waals surface area contributed by atoms with Gasteiger partial charge in [-0.25, -0.2) is 0 Å². The number of carbonyl (C=O) groups excluding carboxylic acids is 1. The van der Waals surface area contributed by atoms with Crippen LogP contribution in [-0.2, 0) is 16.0 Å². The molecule has 1 saturated heterocycles. The first kappa shape index (κ1) is 16.5. The van der Waals surface area contributed by atoms with Gasteiger partial charge in [0.25, 0.3) is 5.91 Å². The molecular weight excluding hydrogens is 332 g/mol. The largest absolute Gasteiger partial charge is 0.496 e. The van der Waals surface area contributed by atoms with Crippen LogP contribution in [0, 0.1) is 11.8 Å². The molecule has 0 aromatic carbocycles. The van der Waals surface area contributed by atoms with Crippen LogP contribution in [0.5, 0.6) is 0 Å². The number of piperidine rings is 1. The minimum absolute atomic E-state index is 0.154. The molecule has 132 valence electrons. The summed E-state index contributed by atoms with van der Waals surface area (Å²) in [6.07, 6.45) is 10.1. The Labute approximate surface area is 152 Å². The summed E-state index contributed by atoms with van der Waals surface area (Å²) in [6, 6.07) is 2.22. The van der Waals surface area contributed by atoms with E-state index in [0.717, 1.165) is 50.0 Å². The lowest BCUT2D eigenvalue weighted by molar-refractivity contribution is -0.129. The summed E-state index contributed by atoms with van der Waals surface area (Å²) < 4.78 is 5.50. The predicted molar refractivity (Wildman–Crippen MR) is 99.8 cm³/mol. The van der Waals surface area contributed by atoms with Gasteiger partial charge in [0.1, 0.15) is 5.76 Å². The van der Waals surface area contributed by atoms with Crippen molar-refractivity contribution in [1.82, 2.24) is 10.2 Å². The van der Waals surface area contributed by atoms with Crippen LogP contribution in [0.1, 0.15) is 24.8 Å². The predicted octanol–water partition coefficient (Wildman–Crippen LogP) is 3.45. The Kier molecular flexibility index (Phi) is 4.66. The summed E-state index contributed by atoms with van der Waals surface area (Å²) in [5.41, 5.74) is 3.38. The van der Waals surface area contributed by atoms with Crippen LogP contribution in [0.15, 0.2) is 52.2 Å². The third-order valence-corrected chi connectivity index (χ3v) is 6.20. The standard InChI is InChI=1S/C20H24N2O2S/c1-24-19-12-18-16(2-6-21-18)11-17(19)20(23)22-7-3-14(4-8-22)10-15-5-9-25-13-15/h2,5-6,9,12-14,16,21H,3-4,7-8,10-11H2,1H3. The van der Waals surface area contributed by atoms with Crippen molar-refractivity contribution in [2.75, 3.05) is 20.2 Å². The summed E-state index contributed by atoms with van der Waals surface area (Å²) in [5.74, 6) is 1.85. The van der Waals surface area contributed by atoms with Crippen molar-refractivity contribution in [3.63, 3.8) is 0 Å². The molecule has 3 heterocycles. The number of allylic oxidation sites excluding steroid dienone is 2. The number of rotatable bonds is 4. The van der Waals surface area contributed by atoms with Crippen molar-refractivity contribution < 1.29 is 9.53 Å². The average molecular weight is 356 g/mol. The Bertz CT molecular complexity index is 725. The fraction of sp³-hybridized carbons (Fsp3) is 0.450. The van der Waals surface area contributed by atoms with E-state index in [1.54, 1.807) is 18.4 Å². The first-order valence-electron chi connectivity index (χ1n) is 8.97. The van der Waals surface area contributed by atoms with E-state index in [1.165, 1.54) is 5.56 Å². The third kappa shape index (κ3) is 3.38. The minimum atomic E-state index is 0.154. The number of nitrogens with zero attached hydrogens (tertiary/aromatic N) is 1. The van der Waals surface area contributed by atoms with Gasteiger partial charge in [-0.05, 0) is 60.2 Å². The number of hydrogen-bond acceptors (Lipinski definition) is 4. The molecular formula is C20H24N2O2S. The molecule has 1 atom stereocenters. The van der Waals surface area contributed by atoms with Gasteiger partial charge in [-0.15, -0.1) is 0 Å². The zero-order valence-electron chi connectivity index (χ0n) is 14.5. The first-order valence-corrected chi connectivity index (χ1v) is 9.91. The lowest BCUT2D eigenvalue weighted by Gasteiger charge is -2.34. The highest BCUT2D eigenvalue weighted by Crippen LogP contribution is 2.34. The first-order chi connectivity index (χ1) is 12.2. The van der Waals surface area contributed by atoms with Crippen molar-refractivity contribution in [1.29, 1.82) is 0 Å². The molecule has 1 N–H and O–H groups in total. The molecule has 1 aromatic heterocycles. The number of thiophene rings is 1. The summed E-state index contributed by atoms with van der Waals surface area (Å²) in [4.78, 5) is 15.1. The molecule has 1 aliphatic carbocycles. The second kappa shape index (κ2) is 7.08. The van der Waals surface area contributed by atoms with Crippen molar-refractivity contribution in [3.05, 3.63) is 57.8 Å². The fourth-order valence-electron chi connectivity index (χ4n) is 3.99. The van der Waals surface area contributed by atoms with Gasteiger partial charge in [-0.3, -0.25) is 4.79 Å². The number of likely N-dealkylation sites (tertiary alicyclic amines) is 1. The molecule has 4 nitrogen and oxygen atoms in total. The number of hydrogen-bond donors (Lipinski definition) is 1. The van der Waals surface area contributed by atoms with Crippen molar-refractivity contribution >= 4 is 17.2 Å². The van der Waals surface area contributed by atoms with Gasteiger partial charge in [0.2, 0.25) is 0 Å². The summed E-state index contributed by atoms with van der Waals surface area (Å²) in [6.45, 7) is 1.70. The molecule has 3 aliphatic rings. The highest BCUT2D eigenvalue weighted by Gasteiger charge is 2.32. The molecule has 1 unspecified atom stereocenters. The number of nitrogens with one attached hydrogen (secondary N) is 1.